The number of thiazole rings is 1. The first kappa shape index (κ1) is 21.8. The van der Waals surface area contributed by atoms with Crippen LogP contribution >= 0.6 is 35.3 Å². The van der Waals surface area contributed by atoms with Crippen molar-refractivity contribution in [3.8, 4) is 0 Å². The Labute approximate surface area is 170 Å². The molecule has 2 rings (SSSR count). The van der Waals surface area contributed by atoms with E-state index in [9.17, 15) is 4.39 Å². The summed E-state index contributed by atoms with van der Waals surface area (Å²) in [5, 5.41) is 7.71. The molecule has 0 unspecified atom stereocenters. The molecule has 138 valence electrons. The Morgan fingerprint density at radius 2 is 1.92 bits per heavy atom. The summed E-state index contributed by atoms with van der Waals surface area (Å²) in [6, 6.07) is 6.43. The number of aliphatic imine (C=N–C) groups is 1. The molecule has 0 aliphatic rings. The van der Waals surface area contributed by atoms with Crippen molar-refractivity contribution in [3.05, 3.63) is 51.2 Å². The van der Waals surface area contributed by atoms with Crippen molar-refractivity contribution in [3.63, 3.8) is 0 Å². The number of hydrogen-bond acceptors (Lipinski definition) is 3. The Morgan fingerprint density at radius 1 is 1.20 bits per heavy atom. The SMILES string of the molecule is CCNC(=NCc1ccc(F)cc1)NCCc1nc(CC)c(C)s1.I. The fourth-order valence-electron chi connectivity index (χ4n) is 2.31. The van der Waals surface area contributed by atoms with Gasteiger partial charge in [-0.05, 0) is 38.0 Å². The summed E-state index contributed by atoms with van der Waals surface area (Å²) in [5.74, 6) is 0.545. The maximum atomic E-state index is 12.9. The normalized spacial score (nSPS) is 11.1. The molecule has 7 heteroatoms. The number of aromatic nitrogens is 1. The lowest BCUT2D eigenvalue weighted by atomic mass is 10.2. The second kappa shape index (κ2) is 11.4. The van der Waals surface area contributed by atoms with Gasteiger partial charge >= 0.3 is 0 Å². The molecule has 0 atom stereocenters. The van der Waals surface area contributed by atoms with Crippen LogP contribution in [-0.4, -0.2) is 24.0 Å². The standard InChI is InChI=1S/C18H25FN4S.HI/c1-4-16-13(3)24-17(23-16)10-11-21-18(20-5-2)22-12-14-6-8-15(19)9-7-14;/h6-9H,4-5,10-12H2,1-3H3,(H2,20,21,22);1H. The van der Waals surface area contributed by atoms with Gasteiger partial charge in [-0.1, -0.05) is 19.1 Å². The van der Waals surface area contributed by atoms with E-state index < -0.39 is 0 Å². The van der Waals surface area contributed by atoms with Gasteiger partial charge in [-0.3, -0.25) is 0 Å². The van der Waals surface area contributed by atoms with Gasteiger partial charge in [0.1, 0.15) is 5.82 Å². The van der Waals surface area contributed by atoms with Gasteiger partial charge in [0.05, 0.1) is 17.2 Å². The molecule has 0 aliphatic carbocycles. The molecule has 0 saturated carbocycles. The summed E-state index contributed by atoms with van der Waals surface area (Å²) in [5.41, 5.74) is 2.18. The lowest BCUT2D eigenvalue weighted by Gasteiger charge is -2.10. The fraction of sp³-hybridized carbons (Fsp3) is 0.444. The molecule has 1 aromatic heterocycles. The highest BCUT2D eigenvalue weighted by atomic mass is 127. The van der Waals surface area contributed by atoms with Gasteiger partial charge in [0, 0.05) is 24.4 Å². The summed E-state index contributed by atoms with van der Waals surface area (Å²) in [6.45, 7) is 8.40. The van der Waals surface area contributed by atoms with Crippen LogP contribution in [0.2, 0.25) is 0 Å². The first-order valence-electron chi connectivity index (χ1n) is 8.34. The fourth-order valence-corrected chi connectivity index (χ4v) is 3.33. The molecule has 25 heavy (non-hydrogen) atoms. The van der Waals surface area contributed by atoms with E-state index in [-0.39, 0.29) is 29.8 Å². The molecule has 4 nitrogen and oxygen atoms in total. The van der Waals surface area contributed by atoms with E-state index in [1.54, 1.807) is 23.5 Å². The molecule has 0 saturated heterocycles. The third-order valence-electron chi connectivity index (χ3n) is 3.58. The zero-order valence-electron chi connectivity index (χ0n) is 14.9. The Morgan fingerprint density at radius 3 is 2.52 bits per heavy atom. The second-order valence-electron chi connectivity index (χ2n) is 5.46. The zero-order chi connectivity index (χ0) is 17.4. The van der Waals surface area contributed by atoms with Gasteiger partial charge in [0.15, 0.2) is 5.96 Å². The minimum absolute atomic E-state index is 0. The van der Waals surface area contributed by atoms with Gasteiger partial charge in [-0.25, -0.2) is 14.4 Å². The van der Waals surface area contributed by atoms with Crippen LogP contribution in [0.25, 0.3) is 0 Å². The molecule has 1 aromatic carbocycles. The molecular weight excluding hydrogens is 450 g/mol. The number of halogens is 2. The highest BCUT2D eigenvalue weighted by Gasteiger charge is 2.06. The van der Waals surface area contributed by atoms with Crippen molar-refractivity contribution in [1.29, 1.82) is 0 Å². The summed E-state index contributed by atoms with van der Waals surface area (Å²) < 4.78 is 12.9. The average Bonchev–Trinajstić information content (AvgIpc) is 2.94. The summed E-state index contributed by atoms with van der Waals surface area (Å²) in [4.78, 5) is 10.5. The van der Waals surface area contributed by atoms with Gasteiger partial charge in [-0.15, -0.1) is 35.3 Å². The molecule has 0 fully saturated rings. The minimum Gasteiger partial charge on any atom is -0.357 e. The van der Waals surface area contributed by atoms with Crippen LogP contribution in [-0.2, 0) is 19.4 Å². The van der Waals surface area contributed by atoms with E-state index in [0.717, 1.165) is 42.5 Å². The predicted molar refractivity (Wildman–Crippen MR) is 115 cm³/mol. The van der Waals surface area contributed by atoms with E-state index in [1.165, 1.54) is 22.7 Å². The number of nitrogens with one attached hydrogen (secondary N) is 2. The van der Waals surface area contributed by atoms with Gasteiger partial charge in [-0.2, -0.15) is 0 Å². The Balaban J connectivity index is 0.00000312. The summed E-state index contributed by atoms with van der Waals surface area (Å²) in [7, 11) is 0. The van der Waals surface area contributed by atoms with Gasteiger partial charge in [0.2, 0.25) is 0 Å². The van der Waals surface area contributed by atoms with Crippen molar-refractivity contribution in [2.75, 3.05) is 13.1 Å². The molecule has 0 bridgehead atoms. The number of guanidine groups is 1. The van der Waals surface area contributed by atoms with Crippen LogP contribution in [0.3, 0.4) is 0 Å². The summed E-state index contributed by atoms with van der Waals surface area (Å²) in [6.07, 6.45) is 1.87. The van der Waals surface area contributed by atoms with Gasteiger partial charge < -0.3 is 10.6 Å². The quantitative estimate of drug-likeness (QED) is 0.360. The molecule has 0 spiro atoms. The Hall–Kier alpha value is -1.22. The van der Waals surface area contributed by atoms with Gasteiger partial charge in [0.25, 0.3) is 0 Å². The maximum absolute atomic E-state index is 12.9. The number of benzene rings is 1. The third-order valence-corrected chi connectivity index (χ3v) is 4.65. The van der Waals surface area contributed by atoms with E-state index in [2.05, 4.69) is 34.5 Å². The molecular formula is C18H26FIN4S. The molecule has 0 amide bonds. The lowest BCUT2D eigenvalue weighted by Crippen LogP contribution is -2.38. The van der Waals surface area contributed by atoms with Crippen molar-refractivity contribution in [2.24, 2.45) is 4.99 Å². The van der Waals surface area contributed by atoms with Crippen LogP contribution in [0.5, 0.6) is 0 Å². The van der Waals surface area contributed by atoms with Crippen molar-refractivity contribution >= 4 is 41.3 Å². The number of nitrogens with zero attached hydrogens (tertiary/aromatic N) is 2. The highest BCUT2D eigenvalue weighted by molar-refractivity contribution is 14.0. The van der Waals surface area contributed by atoms with Crippen LogP contribution in [0.15, 0.2) is 29.3 Å². The van der Waals surface area contributed by atoms with Crippen molar-refractivity contribution in [1.82, 2.24) is 15.6 Å². The van der Waals surface area contributed by atoms with E-state index in [1.807, 2.05) is 6.92 Å². The number of aryl methyl sites for hydroxylation is 2. The molecule has 0 radical (unpaired) electrons. The Kier molecular flexibility index (Phi) is 9.96. The lowest BCUT2D eigenvalue weighted by molar-refractivity contribution is 0.627. The van der Waals surface area contributed by atoms with E-state index in [4.69, 9.17) is 0 Å². The first-order chi connectivity index (χ1) is 11.6. The first-order valence-corrected chi connectivity index (χ1v) is 9.15. The van der Waals surface area contributed by atoms with Crippen LogP contribution in [0.1, 0.15) is 35.0 Å². The average molecular weight is 476 g/mol. The monoisotopic (exact) mass is 476 g/mol. The van der Waals surface area contributed by atoms with E-state index in [0.29, 0.717) is 6.54 Å². The number of hydrogen-bond donors (Lipinski definition) is 2. The topological polar surface area (TPSA) is 49.3 Å². The van der Waals surface area contributed by atoms with Crippen molar-refractivity contribution in [2.45, 2.75) is 40.2 Å². The largest absolute Gasteiger partial charge is 0.357 e. The molecule has 1 heterocycles. The predicted octanol–water partition coefficient (Wildman–Crippen LogP) is 4.07. The minimum atomic E-state index is -0.224. The van der Waals surface area contributed by atoms with Crippen LogP contribution in [0, 0.1) is 12.7 Å². The van der Waals surface area contributed by atoms with Crippen LogP contribution in [0.4, 0.5) is 4.39 Å². The van der Waals surface area contributed by atoms with Crippen molar-refractivity contribution < 1.29 is 4.39 Å². The smallest absolute Gasteiger partial charge is 0.191 e. The number of rotatable bonds is 7. The zero-order valence-corrected chi connectivity index (χ0v) is 18.1. The molecule has 0 aliphatic heterocycles. The Bertz CT molecular complexity index is 670. The van der Waals surface area contributed by atoms with Crippen LogP contribution < -0.4 is 10.6 Å². The highest BCUT2D eigenvalue weighted by Crippen LogP contribution is 2.17. The maximum Gasteiger partial charge on any atom is 0.191 e. The molecule has 2 aromatic rings. The summed E-state index contributed by atoms with van der Waals surface area (Å²) >= 11 is 1.77. The third kappa shape index (κ3) is 7.27. The van der Waals surface area contributed by atoms with E-state index >= 15 is 0 Å². The second-order valence-corrected chi connectivity index (χ2v) is 6.75. The molecule has 2 N–H and O–H groups in total.